The predicted octanol–water partition coefficient (Wildman–Crippen LogP) is -0.336. The molecule has 258 valence electrons. The van der Waals surface area contributed by atoms with E-state index in [-0.39, 0.29) is 25.7 Å². The van der Waals surface area contributed by atoms with Crippen molar-refractivity contribution in [2.75, 3.05) is 0 Å². The molecular formula is C19H22F6N2O14S4. The molecule has 6 rings (SSSR count). The normalized spacial score (nSPS) is 37.3. The van der Waals surface area contributed by atoms with E-state index < -0.39 is 124 Å². The van der Waals surface area contributed by atoms with Crippen LogP contribution < -0.4 is 8.25 Å². The summed E-state index contributed by atoms with van der Waals surface area (Å²) in [4.78, 5) is 25.5. The van der Waals surface area contributed by atoms with Crippen LogP contribution in [0.5, 0.6) is 0 Å². The first kappa shape index (κ1) is 34.5. The Balaban J connectivity index is 1.38. The molecule has 0 aromatic heterocycles. The number of rotatable bonds is 9. The molecule has 0 aromatic carbocycles. The third-order valence-electron chi connectivity index (χ3n) is 8.70. The zero-order valence-electron chi connectivity index (χ0n) is 21.9. The summed E-state index contributed by atoms with van der Waals surface area (Å²) in [5.41, 5.74) is -12.1. The number of carbonyl (C=O) groups excluding carboxylic acids is 2. The van der Waals surface area contributed by atoms with Crippen molar-refractivity contribution in [3.63, 3.8) is 0 Å². The lowest BCUT2D eigenvalue weighted by Gasteiger charge is -2.49. The third-order valence-corrected chi connectivity index (χ3v) is 14.3. The Morgan fingerprint density at radius 2 is 1.20 bits per heavy atom. The summed E-state index contributed by atoms with van der Waals surface area (Å²) in [6, 6.07) is 0. The highest BCUT2D eigenvalue weighted by atomic mass is 32.3. The Bertz CT molecular complexity index is 1700. The minimum absolute atomic E-state index is 0.0162. The molecule has 0 radical (unpaired) electrons. The summed E-state index contributed by atoms with van der Waals surface area (Å²) >= 11 is 0. The molecule has 0 aromatic rings. The predicted molar refractivity (Wildman–Crippen MR) is 128 cm³/mol. The zero-order valence-corrected chi connectivity index (χ0v) is 25.2. The van der Waals surface area contributed by atoms with Gasteiger partial charge in [0.05, 0.1) is 12.0 Å². The summed E-state index contributed by atoms with van der Waals surface area (Å²) in [5.74, 6) is -7.90. The lowest BCUT2D eigenvalue weighted by molar-refractivity contribution is -0.148. The Hall–Kier alpha value is -1.84. The van der Waals surface area contributed by atoms with Gasteiger partial charge in [-0.3, -0.25) is 8.98 Å². The molecule has 2 heterocycles. The van der Waals surface area contributed by atoms with E-state index in [0.717, 1.165) is 0 Å². The standard InChI is InChI=1S/C19H22F6N2O14S4/c20-18(21,22)42(30,31)26-44(34,35)40-10-5-6-1-2-7(10)13-11(6)16(28)39-14(13)8-3-4-9-12(8)15(17(29)38-9)41-45(36,37)27-43(32,33)19(23,24)25/h6-15,26-27H,1-5H2. The van der Waals surface area contributed by atoms with E-state index >= 15 is 0 Å². The molecule has 0 spiro atoms. The van der Waals surface area contributed by atoms with E-state index in [1.807, 2.05) is 0 Å². The van der Waals surface area contributed by atoms with E-state index in [2.05, 4.69) is 4.18 Å². The van der Waals surface area contributed by atoms with Gasteiger partial charge in [-0.05, 0) is 43.9 Å². The zero-order chi connectivity index (χ0) is 33.7. The van der Waals surface area contributed by atoms with Gasteiger partial charge < -0.3 is 9.47 Å². The average Bonchev–Trinajstić information content (AvgIpc) is 3.49. The van der Waals surface area contributed by atoms with E-state index in [1.54, 1.807) is 0 Å². The van der Waals surface area contributed by atoms with E-state index in [9.17, 15) is 69.6 Å². The highest BCUT2D eigenvalue weighted by Gasteiger charge is 2.66. The van der Waals surface area contributed by atoms with Crippen molar-refractivity contribution in [2.24, 2.45) is 35.5 Å². The summed E-state index contributed by atoms with van der Waals surface area (Å²) in [6.45, 7) is 0. The molecule has 26 heteroatoms. The molecule has 0 amide bonds. The molecule has 4 saturated carbocycles. The number of ether oxygens (including phenoxy) is 2. The SMILES string of the molecule is O=C1OC2CCC(C3OC(=O)C4C5CCC(C(OS(=O)(=O)NS(=O)(=O)C(F)(F)F)C5)C34)C2C1OS(=O)(=O)NS(=O)(=O)C(F)(F)F. The maximum Gasteiger partial charge on any atom is 0.512 e. The first-order chi connectivity index (χ1) is 20.3. The number of hydrogen-bond donors (Lipinski definition) is 2. The Kier molecular flexibility index (Phi) is 8.31. The summed E-state index contributed by atoms with van der Waals surface area (Å²) < 4.78 is 192. The summed E-state index contributed by atoms with van der Waals surface area (Å²) in [6.07, 6.45) is -5.64. The summed E-state index contributed by atoms with van der Waals surface area (Å²) in [5, 5.41) is 0. The van der Waals surface area contributed by atoms with Gasteiger partial charge in [0.1, 0.15) is 12.2 Å². The first-order valence-corrected chi connectivity index (χ1v) is 18.6. The van der Waals surface area contributed by atoms with E-state index in [1.165, 1.54) is 0 Å². The topological polar surface area (TPSA) is 232 Å². The van der Waals surface area contributed by atoms with Crippen LogP contribution in [-0.2, 0) is 68.1 Å². The highest BCUT2D eigenvalue weighted by molar-refractivity contribution is 8.03. The average molecular weight is 745 g/mol. The third kappa shape index (κ3) is 6.27. The quantitative estimate of drug-likeness (QED) is 0.227. The van der Waals surface area contributed by atoms with Crippen LogP contribution >= 0.6 is 0 Å². The van der Waals surface area contributed by atoms with Crippen molar-refractivity contribution in [1.29, 1.82) is 0 Å². The van der Waals surface area contributed by atoms with Gasteiger partial charge in [-0.25, -0.2) is 25.8 Å². The second-order valence-corrected chi connectivity index (χ2v) is 17.6. The number of alkyl halides is 6. The van der Waals surface area contributed by atoms with Crippen LogP contribution in [0.2, 0.25) is 0 Å². The van der Waals surface area contributed by atoms with Crippen molar-refractivity contribution < 1.29 is 87.4 Å². The van der Waals surface area contributed by atoms with Crippen molar-refractivity contribution in [2.45, 2.75) is 67.5 Å². The lowest BCUT2D eigenvalue weighted by Crippen LogP contribution is -2.54. The fourth-order valence-electron chi connectivity index (χ4n) is 7.24. The monoisotopic (exact) mass is 744 g/mol. The number of sulfonamides is 2. The van der Waals surface area contributed by atoms with Crippen LogP contribution in [0, 0.1) is 35.5 Å². The van der Waals surface area contributed by atoms with Gasteiger partial charge in [-0.15, -0.1) is 0 Å². The molecule has 6 fully saturated rings. The van der Waals surface area contributed by atoms with Crippen LogP contribution in [0.4, 0.5) is 26.3 Å². The maximum absolute atomic E-state index is 13.0. The molecule has 10 unspecified atom stereocenters. The molecular weight excluding hydrogens is 722 g/mol. The van der Waals surface area contributed by atoms with Gasteiger partial charge in [0.2, 0.25) is 0 Å². The van der Waals surface area contributed by atoms with Crippen molar-refractivity contribution >= 4 is 52.6 Å². The van der Waals surface area contributed by atoms with Crippen LogP contribution in [-0.4, -0.2) is 81.0 Å². The fourth-order valence-corrected chi connectivity index (χ4v) is 11.5. The molecule has 2 aliphatic heterocycles. The Morgan fingerprint density at radius 3 is 1.76 bits per heavy atom. The maximum atomic E-state index is 13.0. The minimum Gasteiger partial charge on any atom is -0.461 e. The number of carbonyl (C=O) groups is 2. The molecule has 16 nitrogen and oxygen atoms in total. The van der Waals surface area contributed by atoms with Gasteiger partial charge >= 0.3 is 63.6 Å². The number of esters is 2. The highest BCUT2D eigenvalue weighted by Crippen LogP contribution is 2.59. The van der Waals surface area contributed by atoms with Crippen LogP contribution in [0.15, 0.2) is 0 Å². The van der Waals surface area contributed by atoms with Gasteiger partial charge in [0, 0.05) is 17.8 Å². The Morgan fingerprint density at radius 1 is 0.667 bits per heavy atom. The van der Waals surface area contributed by atoms with Crippen molar-refractivity contribution in [1.82, 2.24) is 8.25 Å². The van der Waals surface area contributed by atoms with Gasteiger partial charge in [0.15, 0.2) is 6.10 Å². The molecule has 6 aliphatic rings. The molecule has 2 N–H and O–H groups in total. The minimum atomic E-state index is -6.49. The fraction of sp³-hybridized carbons (Fsp3) is 0.895. The summed E-state index contributed by atoms with van der Waals surface area (Å²) in [7, 11) is -24.3. The molecule has 4 aliphatic carbocycles. The molecule has 2 bridgehead atoms. The smallest absolute Gasteiger partial charge is 0.461 e. The molecule has 45 heavy (non-hydrogen) atoms. The molecule has 2 saturated heterocycles. The van der Waals surface area contributed by atoms with E-state index in [0.29, 0.717) is 14.7 Å². The molecule has 10 atom stereocenters. The van der Waals surface area contributed by atoms with Crippen molar-refractivity contribution in [3.05, 3.63) is 0 Å². The largest absolute Gasteiger partial charge is 0.512 e. The van der Waals surface area contributed by atoms with Crippen LogP contribution in [0.25, 0.3) is 0 Å². The van der Waals surface area contributed by atoms with Crippen LogP contribution in [0.1, 0.15) is 32.1 Å². The van der Waals surface area contributed by atoms with Gasteiger partial charge in [-0.1, -0.05) is 8.25 Å². The van der Waals surface area contributed by atoms with Crippen LogP contribution in [0.3, 0.4) is 0 Å². The number of fused-ring (bicyclic) bond motifs is 3. The Labute approximate surface area is 251 Å². The second kappa shape index (κ2) is 10.8. The van der Waals surface area contributed by atoms with Gasteiger partial charge in [0.25, 0.3) is 0 Å². The number of nitrogens with one attached hydrogen (secondary N) is 2. The van der Waals surface area contributed by atoms with Crippen molar-refractivity contribution in [3.8, 4) is 0 Å². The lowest BCUT2D eigenvalue weighted by atomic mass is 9.55. The second-order valence-electron chi connectivity index (χ2n) is 11.2. The van der Waals surface area contributed by atoms with Gasteiger partial charge in [-0.2, -0.15) is 43.2 Å². The number of halogens is 6. The first-order valence-electron chi connectivity index (χ1n) is 12.8. The van der Waals surface area contributed by atoms with E-state index in [4.69, 9.17) is 13.7 Å². The number of hydrogen-bond acceptors (Lipinski definition) is 14. The number of cyclic esters (lactones) is 1.